The van der Waals surface area contributed by atoms with Gasteiger partial charge in [-0.05, 0) is 42.4 Å². The highest BCUT2D eigenvalue weighted by molar-refractivity contribution is 5.78. The van der Waals surface area contributed by atoms with E-state index in [1.54, 1.807) is 11.7 Å². The molecule has 0 radical (unpaired) electrons. The Kier molecular flexibility index (Phi) is 2.62. The fourth-order valence-corrected chi connectivity index (χ4v) is 4.01. The molecule has 2 N–H and O–H groups in total. The highest BCUT2D eigenvalue weighted by Crippen LogP contribution is 2.64. The van der Waals surface area contributed by atoms with Gasteiger partial charge in [0.15, 0.2) is 0 Å². The van der Waals surface area contributed by atoms with Gasteiger partial charge in [0.2, 0.25) is 0 Å². The normalized spacial score (nSPS) is 26.9. The second kappa shape index (κ2) is 4.29. The molecule has 2 aromatic rings. The predicted octanol–water partition coefficient (Wildman–Crippen LogP) is 3.46. The molecule has 2 aliphatic rings. The molecule has 4 rings (SSSR count). The molecule has 110 valence electrons. The monoisotopic (exact) mass is 289 g/mol. The Morgan fingerprint density at radius 1 is 1.14 bits per heavy atom. The number of benzene rings is 1. The lowest BCUT2D eigenvalue weighted by atomic mass is 9.99. The Morgan fingerprint density at radius 2 is 1.76 bits per heavy atom. The lowest BCUT2D eigenvalue weighted by Gasteiger charge is -2.06. The minimum absolute atomic E-state index is 0.406. The van der Waals surface area contributed by atoms with Gasteiger partial charge in [-0.3, -0.25) is 4.68 Å². The molecule has 1 aromatic heterocycles. The molecule has 2 atom stereocenters. The van der Waals surface area contributed by atoms with Crippen LogP contribution in [0.1, 0.15) is 30.9 Å². The van der Waals surface area contributed by atoms with Crippen LogP contribution in [0.4, 0.5) is 14.6 Å². The van der Waals surface area contributed by atoms with E-state index in [1.807, 2.05) is 0 Å². The van der Waals surface area contributed by atoms with Crippen molar-refractivity contribution in [3.63, 3.8) is 0 Å². The SMILES string of the molecule is Cn1nc(C2C3CCCC32)c(-c2cc(F)cc(F)c2)c1N. The summed E-state index contributed by atoms with van der Waals surface area (Å²) in [5, 5.41) is 4.54. The third-order valence-corrected chi connectivity index (χ3v) is 4.99. The van der Waals surface area contributed by atoms with Crippen molar-refractivity contribution in [3.05, 3.63) is 35.5 Å². The average molecular weight is 289 g/mol. The molecule has 0 aliphatic heterocycles. The van der Waals surface area contributed by atoms with Crippen molar-refractivity contribution in [1.82, 2.24) is 9.78 Å². The second-order valence-electron chi connectivity index (χ2n) is 6.21. The number of nitrogens with two attached hydrogens (primary N) is 1. The maximum Gasteiger partial charge on any atom is 0.129 e. The van der Waals surface area contributed by atoms with E-state index in [0.717, 1.165) is 11.8 Å². The Hall–Kier alpha value is -1.91. The molecule has 21 heavy (non-hydrogen) atoms. The molecule has 1 heterocycles. The zero-order chi connectivity index (χ0) is 14.7. The Labute approximate surface area is 121 Å². The van der Waals surface area contributed by atoms with E-state index >= 15 is 0 Å². The highest BCUT2D eigenvalue weighted by atomic mass is 19.1. The van der Waals surface area contributed by atoms with Crippen molar-refractivity contribution in [2.75, 3.05) is 5.73 Å². The summed E-state index contributed by atoms with van der Waals surface area (Å²) in [6.07, 6.45) is 3.73. The molecule has 1 aromatic carbocycles. The highest BCUT2D eigenvalue weighted by Gasteiger charge is 2.55. The Morgan fingerprint density at radius 3 is 2.38 bits per heavy atom. The molecule has 5 heteroatoms. The zero-order valence-corrected chi connectivity index (χ0v) is 11.8. The molecule has 0 spiro atoms. The van der Waals surface area contributed by atoms with Gasteiger partial charge in [0, 0.05) is 24.6 Å². The quantitative estimate of drug-likeness (QED) is 0.920. The van der Waals surface area contributed by atoms with Gasteiger partial charge in [0.1, 0.15) is 17.5 Å². The van der Waals surface area contributed by atoms with Crippen LogP contribution >= 0.6 is 0 Å². The summed E-state index contributed by atoms with van der Waals surface area (Å²) in [6, 6.07) is 3.54. The van der Waals surface area contributed by atoms with E-state index in [2.05, 4.69) is 5.10 Å². The summed E-state index contributed by atoms with van der Waals surface area (Å²) in [5.74, 6) is 1.06. The van der Waals surface area contributed by atoms with E-state index in [0.29, 0.717) is 34.7 Å². The second-order valence-corrected chi connectivity index (χ2v) is 6.21. The zero-order valence-electron chi connectivity index (χ0n) is 11.8. The minimum atomic E-state index is -0.588. The molecule has 2 fully saturated rings. The number of aryl methyl sites for hydroxylation is 1. The molecular formula is C16H17F2N3. The van der Waals surface area contributed by atoms with Gasteiger partial charge in [-0.15, -0.1) is 0 Å². The van der Waals surface area contributed by atoms with Crippen LogP contribution in [-0.4, -0.2) is 9.78 Å². The van der Waals surface area contributed by atoms with Crippen molar-refractivity contribution in [3.8, 4) is 11.1 Å². The first-order valence-corrected chi connectivity index (χ1v) is 7.35. The van der Waals surface area contributed by atoms with Crippen molar-refractivity contribution >= 4 is 5.82 Å². The smallest absolute Gasteiger partial charge is 0.129 e. The van der Waals surface area contributed by atoms with Crippen LogP contribution in [0.5, 0.6) is 0 Å². The molecule has 2 unspecified atom stereocenters. The van der Waals surface area contributed by atoms with Gasteiger partial charge < -0.3 is 5.73 Å². The topological polar surface area (TPSA) is 43.8 Å². The Bertz CT molecular complexity index is 692. The van der Waals surface area contributed by atoms with Crippen LogP contribution < -0.4 is 5.73 Å². The number of hydrogen-bond acceptors (Lipinski definition) is 2. The number of nitrogen functional groups attached to an aromatic ring is 1. The fourth-order valence-electron chi connectivity index (χ4n) is 4.01. The number of aromatic nitrogens is 2. The minimum Gasteiger partial charge on any atom is -0.383 e. The lowest BCUT2D eigenvalue weighted by Crippen LogP contribution is -1.98. The van der Waals surface area contributed by atoms with E-state index in [9.17, 15) is 8.78 Å². The largest absolute Gasteiger partial charge is 0.383 e. The maximum absolute atomic E-state index is 13.5. The number of rotatable bonds is 2. The van der Waals surface area contributed by atoms with Crippen LogP contribution in [-0.2, 0) is 7.05 Å². The summed E-state index contributed by atoms with van der Waals surface area (Å²) >= 11 is 0. The fraction of sp³-hybridized carbons (Fsp3) is 0.438. The standard InChI is InChI=1S/C16H17F2N3/c1-21-16(19)13(8-5-9(17)7-10(18)6-8)15(20-21)14-11-3-2-4-12(11)14/h5-7,11-12,14H,2-4,19H2,1H3. The summed E-state index contributed by atoms with van der Waals surface area (Å²) in [6.45, 7) is 0. The van der Waals surface area contributed by atoms with Crippen molar-refractivity contribution in [2.24, 2.45) is 18.9 Å². The van der Waals surface area contributed by atoms with Crippen LogP contribution in [0.25, 0.3) is 11.1 Å². The molecule has 0 saturated heterocycles. The van der Waals surface area contributed by atoms with Gasteiger partial charge in [-0.1, -0.05) is 6.42 Å². The number of fused-ring (bicyclic) bond motifs is 1. The van der Waals surface area contributed by atoms with Crippen molar-refractivity contribution < 1.29 is 8.78 Å². The van der Waals surface area contributed by atoms with Crippen LogP contribution in [0.2, 0.25) is 0 Å². The molecule has 2 aliphatic carbocycles. The van der Waals surface area contributed by atoms with Gasteiger partial charge >= 0.3 is 0 Å². The van der Waals surface area contributed by atoms with Crippen molar-refractivity contribution in [2.45, 2.75) is 25.2 Å². The number of halogens is 2. The van der Waals surface area contributed by atoms with Gasteiger partial charge in [0.05, 0.1) is 5.69 Å². The number of hydrogen-bond donors (Lipinski definition) is 1. The summed E-state index contributed by atoms with van der Waals surface area (Å²) < 4.78 is 28.7. The summed E-state index contributed by atoms with van der Waals surface area (Å²) in [4.78, 5) is 0. The van der Waals surface area contributed by atoms with Gasteiger partial charge in [-0.25, -0.2) is 8.78 Å². The van der Waals surface area contributed by atoms with Gasteiger partial charge in [0.25, 0.3) is 0 Å². The van der Waals surface area contributed by atoms with Crippen LogP contribution in [0.3, 0.4) is 0 Å². The van der Waals surface area contributed by atoms with Gasteiger partial charge in [-0.2, -0.15) is 5.10 Å². The first-order chi connectivity index (χ1) is 10.1. The number of anilines is 1. The average Bonchev–Trinajstić information content (AvgIpc) is 2.76. The molecule has 0 bridgehead atoms. The van der Waals surface area contributed by atoms with E-state index < -0.39 is 11.6 Å². The third-order valence-electron chi connectivity index (χ3n) is 4.99. The van der Waals surface area contributed by atoms with Crippen molar-refractivity contribution in [1.29, 1.82) is 0 Å². The van der Waals surface area contributed by atoms with E-state index in [4.69, 9.17) is 5.73 Å². The summed E-state index contributed by atoms with van der Waals surface area (Å²) in [5.41, 5.74) is 8.21. The van der Waals surface area contributed by atoms with E-state index in [1.165, 1.54) is 31.4 Å². The lowest BCUT2D eigenvalue weighted by molar-refractivity contribution is 0.584. The Balaban J connectivity index is 1.84. The summed E-state index contributed by atoms with van der Waals surface area (Å²) in [7, 11) is 1.77. The predicted molar refractivity (Wildman–Crippen MR) is 76.5 cm³/mol. The molecule has 2 saturated carbocycles. The maximum atomic E-state index is 13.5. The first-order valence-electron chi connectivity index (χ1n) is 7.35. The number of nitrogens with zero attached hydrogens (tertiary/aromatic N) is 2. The van der Waals surface area contributed by atoms with Crippen LogP contribution in [0, 0.1) is 23.5 Å². The molecule has 0 amide bonds. The van der Waals surface area contributed by atoms with Crippen LogP contribution in [0.15, 0.2) is 18.2 Å². The third kappa shape index (κ3) is 1.87. The molecular weight excluding hydrogens is 272 g/mol. The molecule has 3 nitrogen and oxygen atoms in total. The first kappa shape index (κ1) is 12.8. The van der Waals surface area contributed by atoms with E-state index in [-0.39, 0.29) is 0 Å².